The average Bonchev–Trinajstić information content (AvgIpc) is 2.20. The van der Waals surface area contributed by atoms with Crippen LogP contribution < -0.4 is 11.5 Å². The van der Waals surface area contributed by atoms with Crippen LogP contribution in [0.5, 0.6) is 0 Å². The Morgan fingerprint density at radius 3 is 2.44 bits per heavy atom. The Kier molecular flexibility index (Phi) is 6.42. The highest BCUT2D eigenvalue weighted by molar-refractivity contribution is 5.92. The first-order valence-corrected chi connectivity index (χ1v) is 4.72. The van der Waals surface area contributed by atoms with Crippen LogP contribution >= 0.6 is 0 Å². The van der Waals surface area contributed by atoms with Crippen molar-refractivity contribution < 1.29 is 19.4 Å². The molecule has 90 valence electrons. The third-order valence-corrected chi connectivity index (χ3v) is 1.64. The first kappa shape index (κ1) is 14.0. The summed E-state index contributed by atoms with van der Waals surface area (Å²) in [5.41, 5.74) is 10.8. The van der Waals surface area contributed by atoms with Gasteiger partial charge in [-0.25, -0.2) is 0 Å². The van der Waals surface area contributed by atoms with Gasteiger partial charge in [0, 0.05) is 13.3 Å². The summed E-state index contributed by atoms with van der Waals surface area (Å²) >= 11 is 0. The van der Waals surface area contributed by atoms with Crippen LogP contribution in [0, 0.1) is 0 Å². The van der Waals surface area contributed by atoms with Crippen LogP contribution in [-0.4, -0.2) is 23.5 Å². The summed E-state index contributed by atoms with van der Waals surface area (Å²) in [5.74, 6) is -1.05. The topological polar surface area (TPSA) is 116 Å². The standard InChI is InChI=1S/C10H16N2O4/c1-7(13)8(11)4-5-9(12)16-6-2-3-10(14)15/h4-5H,2-3,6,11-12H2,1H3,(H,14,15)/b8-4-,9-5+. The normalized spacial score (nSPS) is 12.3. The Hall–Kier alpha value is -1.98. The maximum atomic E-state index is 10.7. The van der Waals surface area contributed by atoms with E-state index >= 15 is 0 Å². The summed E-state index contributed by atoms with van der Waals surface area (Å²) in [4.78, 5) is 20.9. The van der Waals surface area contributed by atoms with E-state index in [1.807, 2.05) is 0 Å². The lowest BCUT2D eigenvalue weighted by Gasteiger charge is -2.03. The lowest BCUT2D eigenvalue weighted by atomic mass is 10.3. The molecular formula is C10H16N2O4. The van der Waals surface area contributed by atoms with E-state index in [9.17, 15) is 9.59 Å². The SMILES string of the molecule is CC(=O)/C(N)=C/C=C(\N)OCCCC(=O)O. The van der Waals surface area contributed by atoms with Gasteiger partial charge in [-0.15, -0.1) is 0 Å². The van der Waals surface area contributed by atoms with Gasteiger partial charge in [-0.1, -0.05) is 0 Å². The summed E-state index contributed by atoms with van der Waals surface area (Å²) in [6.45, 7) is 1.55. The van der Waals surface area contributed by atoms with Gasteiger partial charge in [-0.2, -0.15) is 0 Å². The Bertz CT molecular complexity index is 321. The maximum Gasteiger partial charge on any atom is 0.303 e. The van der Waals surface area contributed by atoms with Crippen molar-refractivity contribution in [2.45, 2.75) is 19.8 Å². The summed E-state index contributed by atoms with van der Waals surface area (Å²) in [5, 5.41) is 8.35. The fraction of sp³-hybridized carbons (Fsp3) is 0.400. The number of carboxylic acids is 1. The van der Waals surface area contributed by atoms with Gasteiger partial charge in [-0.3, -0.25) is 9.59 Å². The minimum Gasteiger partial charge on any atom is -0.481 e. The number of carbonyl (C=O) groups is 2. The molecule has 0 heterocycles. The van der Waals surface area contributed by atoms with Gasteiger partial charge in [0.15, 0.2) is 11.7 Å². The maximum absolute atomic E-state index is 10.7. The van der Waals surface area contributed by atoms with Crippen LogP contribution in [0.15, 0.2) is 23.7 Å². The van der Waals surface area contributed by atoms with Crippen LogP contribution in [0.2, 0.25) is 0 Å². The Balaban J connectivity index is 3.92. The molecule has 0 bridgehead atoms. The number of ketones is 1. The van der Waals surface area contributed by atoms with E-state index in [1.54, 1.807) is 0 Å². The molecule has 0 saturated carbocycles. The summed E-state index contributed by atoms with van der Waals surface area (Å²) in [6, 6.07) is 0. The van der Waals surface area contributed by atoms with Crippen molar-refractivity contribution in [2.75, 3.05) is 6.61 Å². The van der Waals surface area contributed by atoms with Crippen LogP contribution in [-0.2, 0) is 14.3 Å². The van der Waals surface area contributed by atoms with Gasteiger partial charge < -0.3 is 21.3 Å². The van der Waals surface area contributed by atoms with Crippen molar-refractivity contribution in [3.63, 3.8) is 0 Å². The number of rotatable bonds is 7. The average molecular weight is 228 g/mol. The fourth-order valence-corrected chi connectivity index (χ4v) is 0.751. The molecule has 0 aromatic heterocycles. The molecule has 0 unspecified atom stereocenters. The number of carbonyl (C=O) groups excluding carboxylic acids is 1. The number of aliphatic carboxylic acids is 1. The van der Waals surface area contributed by atoms with E-state index in [0.29, 0.717) is 6.42 Å². The molecule has 0 aromatic rings. The van der Waals surface area contributed by atoms with Crippen LogP contribution in [0.3, 0.4) is 0 Å². The van der Waals surface area contributed by atoms with Crippen molar-refractivity contribution in [1.29, 1.82) is 0 Å². The number of hydrogen-bond donors (Lipinski definition) is 3. The highest BCUT2D eigenvalue weighted by atomic mass is 16.5. The minimum absolute atomic E-state index is 0.0265. The first-order chi connectivity index (χ1) is 7.43. The molecule has 0 rings (SSSR count). The molecule has 0 aliphatic rings. The highest BCUT2D eigenvalue weighted by Crippen LogP contribution is 1.96. The lowest BCUT2D eigenvalue weighted by Crippen LogP contribution is -2.08. The van der Waals surface area contributed by atoms with Crippen LogP contribution in [0.1, 0.15) is 19.8 Å². The predicted molar refractivity (Wildman–Crippen MR) is 58.0 cm³/mol. The minimum atomic E-state index is -0.883. The number of allylic oxidation sites excluding steroid dienone is 3. The Morgan fingerprint density at radius 1 is 1.31 bits per heavy atom. The van der Waals surface area contributed by atoms with Crippen molar-refractivity contribution in [3.8, 4) is 0 Å². The van der Waals surface area contributed by atoms with Crippen molar-refractivity contribution in [2.24, 2.45) is 11.5 Å². The van der Waals surface area contributed by atoms with Crippen molar-refractivity contribution in [3.05, 3.63) is 23.7 Å². The van der Waals surface area contributed by atoms with E-state index in [1.165, 1.54) is 19.1 Å². The second-order valence-electron chi connectivity index (χ2n) is 3.09. The fourth-order valence-electron chi connectivity index (χ4n) is 0.751. The number of Topliss-reactive ketones (excluding diaryl/α,β-unsaturated/α-hetero) is 1. The van der Waals surface area contributed by atoms with Gasteiger partial charge in [0.25, 0.3) is 0 Å². The van der Waals surface area contributed by atoms with Crippen molar-refractivity contribution in [1.82, 2.24) is 0 Å². The zero-order valence-corrected chi connectivity index (χ0v) is 9.10. The third kappa shape index (κ3) is 7.43. The molecule has 0 radical (unpaired) electrons. The molecule has 0 aromatic carbocycles. The molecule has 0 aliphatic heterocycles. The predicted octanol–water partition coefficient (Wildman–Crippen LogP) is 0.0995. The third-order valence-electron chi connectivity index (χ3n) is 1.64. The molecule has 5 N–H and O–H groups in total. The van der Waals surface area contributed by atoms with Crippen LogP contribution in [0.4, 0.5) is 0 Å². The quantitative estimate of drug-likeness (QED) is 0.246. The second kappa shape index (κ2) is 7.33. The van der Waals surface area contributed by atoms with Crippen LogP contribution in [0.25, 0.3) is 0 Å². The monoisotopic (exact) mass is 228 g/mol. The molecule has 0 aliphatic carbocycles. The number of hydrogen-bond acceptors (Lipinski definition) is 5. The van der Waals surface area contributed by atoms with Gasteiger partial charge in [0.05, 0.1) is 12.3 Å². The second-order valence-corrected chi connectivity index (χ2v) is 3.09. The number of ether oxygens (including phenoxy) is 1. The van der Waals surface area contributed by atoms with Gasteiger partial charge in [0.1, 0.15) is 0 Å². The van der Waals surface area contributed by atoms with Gasteiger partial charge in [-0.05, 0) is 18.6 Å². The van der Waals surface area contributed by atoms with Gasteiger partial charge in [0.2, 0.25) is 0 Å². The zero-order valence-electron chi connectivity index (χ0n) is 9.10. The molecule has 0 fully saturated rings. The van der Waals surface area contributed by atoms with Crippen molar-refractivity contribution >= 4 is 11.8 Å². The zero-order chi connectivity index (χ0) is 12.6. The Labute approximate surface area is 93.6 Å². The molecule has 16 heavy (non-hydrogen) atoms. The first-order valence-electron chi connectivity index (χ1n) is 4.72. The van der Waals surface area contributed by atoms with E-state index < -0.39 is 5.97 Å². The number of nitrogens with two attached hydrogens (primary N) is 2. The highest BCUT2D eigenvalue weighted by Gasteiger charge is 1.98. The molecule has 6 heteroatoms. The number of carboxylic acid groups (broad SMARTS) is 1. The van der Waals surface area contributed by atoms with E-state index in [0.717, 1.165) is 0 Å². The largest absolute Gasteiger partial charge is 0.481 e. The van der Waals surface area contributed by atoms with Gasteiger partial charge >= 0.3 is 5.97 Å². The summed E-state index contributed by atoms with van der Waals surface area (Å²) < 4.78 is 4.99. The molecule has 0 saturated heterocycles. The van der Waals surface area contributed by atoms with E-state index in [2.05, 4.69) is 0 Å². The molecule has 0 spiro atoms. The molecule has 0 amide bonds. The summed E-state index contributed by atoms with van der Waals surface area (Å²) in [6.07, 6.45) is 3.10. The molecule has 0 atom stereocenters. The molecular weight excluding hydrogens is 212 g/mol. The van der Waals surface area contributed by atoms with E-state index in [-0.39, 0.29) is 30.4 Å². The van der Waals surface area contributed by atoms with E-state index in [4.69, 9.17) is 21.3 Å². The Morgan fingerprint density at radius 2 is 1.94 bits per heavy atom. The molecule has 6 nitrogen and oxygen atoms in total. The smallest absolute Gasteiger partial charge is 0.303 e. The lowest BCUT2D eigenvalue weighted by molar-refractivity contribution is -0.137. The summed E-state index contributed by atoms with van der Waals surface area (Å²) in [7, 11) is 0.